The van der Waals surface area contributed by atoms with Gasteiger partial charge in [-0.1, -0.05) is 18.2 Å². The minimum Gasteiger partial charge on any atom is -0.361 e. The second-order valence-electron chi connectivity index (χ2n) is 7.73. The largest absolute Gasteiger partial charge is 0.361 e. The molecule has 0 saturated carbocycles. The van der Waals surface area contributed by atoms with E-state index in [1.165, 1.54) is 0 Å². The van der Waals surface area contributed by atoms with Crippen LogP contribution in [0.3, 0.4) is 0 Å². The van der Waals surface area contributed by atoms with Gasteiger partial charge in [0.15, 0.2) is 0 Å². The first-order valence-corrected chi connectivity index (χ1v) is 9.94. The van der Waals surface area contributed by atoms with E-state index in [0.29, 0.717) is 12.1 Å². The molecule has 1 amide bonds. The molecule has 1 aliphatic heterocycles. The summed E-state index contributed by atoms with van der Waals surface area (Å²) in [6.07, 6.45) is 3.34. The quantitative estimate of drug-likeness (QED) is 0.648. The van der Waals surface area contributed by atoms with Crippen molar-refractivity contribution in [1.82, 2.24) is 19.2 Å². The van der Waals surface area contributed by atoms with E-state index < -0.39 is 0 Å². The summed E-state index contributed by atoms with van der Waals surface area (Å²) >= 11 is 0. The average molecular weight is 390 g/mol. The van der Waals surface area contributed by atoms with Crippen LogP contribution in [0, 0.1) is 13.8 Å². The van der Waals surface area contributed by atoms with E-state index in [1.54, 1.807) is 6.08 Å². The Hall–Kier alpha value is -3.28. The predicted molar refractivity (Wildman–Crippen MR) is 115 cm³/mol. The van der Waals surface area contributed by atoms with Gasteiger partial charge in [0.25, 0.3) is 5.91 Å². The Bertz CT molecular complexity index is 1070. The monoisotopic (exact) mass is 389 g/mol. The molecule has 2 aromatic heterocycles. The van der Waals surface area contributed by atoms with Crippen LogP contribution in [0.1, 0.15) is 53.4 Å². The smallest absolute Gasteiger partial charge is 0.258 e. The molecule has 0 spiro atoms. The number of para-hydroxylation sites is 1. The van der Waals surface area contributed by atoms with E-state index in [0.717, 1.165) is 28.5 Å². The van der Waals surface area contributed by atoms with Crippen LogP contribution in [0.15, 0.2) is 55.3 Å². The number of nitrogens with one attached hydrogen (secondary N) is 1. The molecule has 6 nitrogen and oxygen atoms in total. The van der Waals surface area contributed by atoms with Crippen LogP contribution in [0.2, 0.25) is 0 Å². The maximum Gasteiger partial charge on any atom is 0.258 e. The van der Waals surface area contributed by atoms with Gasteiger partial charge in [0.1, 0.15) is 12.0 Å². The standard InChI is InChI=1S/C23H27N5O/c1-6-13-26-22(25-20-10-8-7-9-18(20)23(26)29)19-14-16(4)27(17(19)5)21-11-12-24-28(21)15(2)3/h6-12,14-15,22,25H,1,13H2,2-5H3/t22-/m1/s1. The molecular weight excluding hydrogens is 362 g/mol. The Morgan fingerprint density at radius 2 is 2.00 bits per heavy atom. The molecule has 29 heavy (non-hydrogen) atoms. The van der Waals surface area contributed by atoms with Gasteiger partial charge in [0.05, 0.1) is 11.8 Å². The van der Waals surface area contributed by atoms with E-state index >= 15 is 0 Å². The lowest BCUT2D eigenvalue weighted by atomic mass is 10.0. The SMILES string of the molecule is C=CCN1C(=O)c2ccccc2N[C@H]1c1cc(C)n(-c2ccnn2C(C)C)c1C. The molecule has 0 saturated heterocycles. The van der Waals surface area contributed by atoms with Crippen molar-refractivity contribution >= 4 is 11.6 Å². The third-order valence-corrected chi connectivity index (χ3v) is 5.48. The highest BCUT2D eigenvalue weighted by atomic mass is 16.2. The summed E-state index contributed by atoms with van der Waals surface area (Å²) in [6.45, 7) is 12.7. The van der Waals surface area contributed by atoms with Crippen LogP contribution < -0.4 is 5.32 Å². The highest BCUT2D eigenvalue weighted by Crippen LogP contribution is 2.36. The molecule has 1 aromatic carbocycles. The normalized spacial score (nSPS) is 16.1. The second-order valence-corrected chi connectivity index (χ2v) is 7.73. The maximum absolute atomic E-state index is 13.2. The molecule has 0 aliphatic carbocycles. The molecule has 1 N–H and O–H groups in total. The minimum atomic E-state index is -0.259. The van der Waals surface area contributed by atoms with Crippen molar-refractivity contribution in [1.29, 1.82) is 0 Å². The number of nitrogens with zero attached hydrogens (tertiary/aromatic N) is 4. The van der Waals surface area contributed by atoms with Gasteiger partial charge in [-0.25, -0.2) is 4.68 Å². The molecule has 0 bridgehead atoms. The van der Waals surface area contributed by atoms with E-state index in [-0.39, 0.29) is 18.1 Å². The van der Waals surface area contributed by atoms with E-state index in [4.69, 9.17) is 0 Å². The van der Waals surface area contributed by atoms with Gasteiger partial charge >= 0.3 is 0 Å². The summed E-state index contributed by atoms with van der Waals surface area (Å²) in [5, 5.41) is 8.05. The summed E-state index contributed by atoms with van der Waals surface area (Å²) in [7, 11) is 0. The molecule has 3 heterocycles. The van der Waals surface area contributed by atoms with Gasteiger partial charge in [0.2, 0.25) is 0 Å². The molecule has 4 rings (SSSR count). The average Bonchev–Trinajstić information content (AvgIpc) is 3.28. The van der Waals surface area contributed by atoms with Gasteiger partial charge in [0, 0.05) is 41.3 Å². The van der Waals surface area contributed by atoms with Crippen molar-refractivity contribution < 1.29 is 4.79 Å². The number of rotatable bonds is 5. The van der Waals surface area contributed by atoms with Crippen molar-refractivity contribution in [3.8, 4) is 5.82 Å². The number of benzene rings is 1. The van der Waals surface area contributed by atoms with Gasteiger partial charge < -0.3 is 14.8 Å². The molecule has 150 valence electrons. The number of amides is 1. The van der Waals surface area contributed by atoms with Crippen LogP contribution in [0.4, 0.5) is 5.69 Å². The summed E-state index contributed by atoms with van der Waals surface area (Å²) in [4.78, 5) is 15.0. The zero-order valence-corrected chi connectivity index (χ0v) is 17.4. The Morgan fingerprint density at radius 1 is 1.24 bits per heavy atom. The molecule has 3 aromatic rings. The van der Waals surface area contributed by atoms with Crippen molar-refractivity contribution in [2.45, 2.75) is 39.9 Å². The fraction of sp³-hybridized carbons (Fsp3) is 0.304. The van der Waals surface area contributed by atoms with Crippen LogP contribution >= 0.6 is 0 Å². The Labute approximate surface area is 171 Å². The van der Waals surface area contributed by atoms with Crippen molar-refractivity contribution in [2.75, 3.05) is 11.9 Å². The first-order chi connectivity index (χ1) is 13.9. The van der Waals surface area contributed by atoms with Gasteiger partial charge in [-0.15, -0.1) is 6.58 Å². The lowest BCUT2D eigenvalue weighted by Crippen LogP contribution is -2.43. The first-order valence-electron chi connectivity index (χ1n) is 9.94. The Balaban J connectivity index is 1.83. The number of anilines is 1. The fourth-order valence-electron chi connectivity index (χ4n) is 4.16. The topological polar surface area (TPSA) is 55.1 Å². The second kappa shape index (κ2) is 7.28. The third kappa shape index (κ3) is 3.05. The minimum absolute atomic E-state index is 0.0151. The number of fused-ring (bicyclic) bond motifs is 1. The maximum atomic E-state index is 13.2. The molecule has 1 aliphatic rings. The van der Waals surface area contributed by atoms with Crippen molar-refractivity contribution in [3.05, 3.63) is 77.8 Å². The first kappa shape index (κ1) is 19.1. The van der Waals surface area contributed by atoms with E-state index in [1.807, 2.05) is 46.1 Å². The van der Waals surface area contributed by atoms with Gasteiger partial charge in [-0.2, -0.15) is 5.10 Å². The molecule has 0 fully saturated rings. The predicted octanol–water partition coefficient (Wildman–Crippen LogP) is 4.62. The number of hydrogen-bond donors (Lipinski definition) is 1. The number of carbonyl (C=O) groups excluding carboxylic acids is 1. The Morgan fingerprint density at radius 3 is 2.72 bits per heavy atom. The summed E-state index contributed by atoms with van der Waals surface area (Å²) in [5.41, 5.74) is 4.82. The van der Waals surface area contributed by atoms with Crippen LogP contribution in [0.25, 0.3) is 5.82 Å². The van der Waals surface area contributed by atoms with Gasteiger partial charge in [-0.05, 0) is 45.9 Å². The van der Waals surface area contributed by atoms with Crippen molar-refractivity contribution in [3.63, 3.8) is 0 Å². The summed E-state index contributed by atoms with van der Waals surface area (Å²) in [6, 6.07) is 12.1. The molecule has 0 radical (unpaired) electrons. The summed E-state index contributed by atoms with van der Waals surface area (Å²) in [5.74, 6) is 1.04. The number of hydrogen-bond acceptors (Lipinski definition) is 3. The zero-order chi connectivity index (χ0) is 20.7. The van der Waals surface area contributed by atoms with Gasteiger partial charge in [-0.3, -0.25) is 4.79 Å². The van der Waals surface area contributed by atoms with Crippen LogP contribution in [-0.2, 0) is 0 Å². The van der Waals surface area contributed by atoms with Crippen LogP contribution in [-0.4, -0.2) is 31.7 Å². The van der Waals surface area contributed by atoms with Crippen molar-refractivity contribution in [2.24, 2.45) is 0 Å². The molecule has 6 heteroatoms. The third-order valence-electron chi connectivity index (χ3n) is 5.48. The molecule has 0 unspecified atom stereocenters. The van der Waals surface area contributed by atoms with Crippen LogP contribution in [0.5, 0.6) is 0 Å². The highest BCUT2D eigenvalue weighted by Gasteiger charge is 2.34. The van der Waals surface area contributed by atoms with E-state index in [9.17, 15) is 4.79 Å². The Kier molecular flexibility index (Phi) is 4.78. The molecular formula is C23H27N5O. The highest BCUT2D eigenvalue weighted by molar-refractivity contribution is 6.01. The van der Waals surface area contributed by atoms with E-state index in [2.05, 4.69) is 55.3 Å². The molecule has 1 atom stereocenters. The zero-order valence-electron chi connectivity index (χ0n) is 17.4. The fourth-order valence-corrected chi connectivity index (χ4v) is 4.16. The number of aryl methyl sites for hydroxylation is 1. The summed E-state index contributed by atoms with van der Waals surface area (Å²) < 4.78 is 4.22. The number of aromatic nitrogens is 3. The lowest BCUT2D eigenvalue weighted by Gasteiger charge is -2.37. The lowest BCUT2D eigenvalue weighted by molar-refractivity contribution is 0.0707. The number of carbonyl (C=O) groups is 1.